The Kier molecular flexibility index (Phi) is 4.77. The van der Waals surface area contributed by atoms with E-state index in [1.807, 2.05) is 19.9 Å². The molecule has 1 aliphatic rings. The molecule has 112 valence electrons. The third-order valence-corrected chi connectivity index (χ3v) is 6.46. The molecule has 1 aliphatic carbocycles. The second kappa shape index (κ2) is 6.04. The van der Waals surface area contributed by atoms with Gasteiger partial charge in [-0.25, -0.2) is 12.7 Å². The molecular weight excluding hydrogens is 294 g/mol. The van der Waals surface area contributed by atoms with E-state index in [-0.39, 0.29) is 0 Å². The molecule has 1 aromatic carbocycles. The Morgan fingerprint density at radius 1 is 1.25 bits per heavy atom. The van der Waals surface area contributed by atoms with E-state index >= 15 is 0 Å². The summed E-state index contributed by atoms with van der Waals surface area (Å²) in [6.07, 6.45) is 3.50. The highest BCUT2D eigenvalue weighted by atomic mass is 35.5. The van der Waals surface area contributed by atoms with Gasteiger partial charge in [0.2, 0.25) is 10.0 Å². The summed E-state index contributed by atoms with van der Waals surface area (Å²) in [7, 11) is -1.74. The lowest BCUT2D eigenvalue weighted by molar-refractivity contribution is 0.263. The lowest BCUT2D eigenvalue weighted by Crippen LogP contribution is -2.34. The van der Waals surface area contributed by atoms with Gasteiger partial charge in [-0.05, 0) is 55.4 Å². The van der Waals surface area contributed by atoms with Crippen LogP contribution >= 0.6 is 11.6 Å². The topological polar surface area (TPSA) is 37.4 Å². The average Bonchev–Trinajstić information content (AvgIpc) is 2.33. The van der Waals surface area contributed by atoms with E-state index in [1.165, 1.54) is 10.7 Å². The van der Waals surface area contributed by atoms with Crippen LogP contribution < -0.4 is 0 Å². The first kappa shape index (κ1) is 15.8. The molecule has 0 amide bonds. The summed E-state index contributed by atoms with van der Waals surface area (Å²) in [4.78, 5) is 0.389. The SMILES string of the molecule is Cc1cc(C)c(S(=O)(=O)N(C)CC2CCC2)cc1CCl. The maximum atomic E-state index is 12.7. The Labute approximate surface area is 127 Å². The van der Waals surface area contributed by atoms with E-state index in [1.54, 1.807) is 13.1 Å². The highest BCUT2D eigenvalue weighted by molar-refractivity contribution is 7.89. The number of sulfonamides is 1. The van der Waals surface area contributed by atoms with Crippen LogP contribution in [0.4, 0.5) is 0 Å². The van der Waals surface area contributed by atoms with Gasteiger partial charge in [-0.3, -0.25) is 0 Å². The van der Waals surface area contributed by atoms with Crippen molar-refractivity contribution in [1.82, 2.24) is 4.31 Å². The monoisotopic (exact) mass is 315 g/mol. The zero-order valence-electron chi connectivity index (χ0n) is 12.3. The van der Waals surface area contributed by atoms with Crippen molar-refractivity contribution in [3.8, 4) is 0 Å². The summed E-state index contributed by atoms with van der Waals surface area (Å²) < 4.78 is 26.9. The van der Waals surface area contributed by atoms with E-state index < -0.39 is 10.0 Å². The van der Waals surface area contributed by atoms with Gasteiger partial charge in [-0.15, -0.1) is 11.6 Å². The smallest absolute Gasteiger partial charge is 0.207 e. The Bertz CT molecular complexity index is 594. The first-order chi connectivity index (χ1) is 9.36. The van der Waals surface area contributed by atoms with Crippen molar-refractivity contribution in [1.29, 1.82) is 0 Å². The molecular formula is C15H22ClNO2S. The van der Waals surface area contributed by atoms with Gasteiger partial charge < -0.3 is 0 Å². The van der Waals surface area contributed by atoms with Crippen LogP contribution in [0.15, 0.2) is 17.0 Å². The van der Waals surface area contributed by atoms with Crippen LogP contribution in [0.25, 0.3) is 0 Å². The maximum absolute atomic E-state index is 12.7. The number of aryl methyl sites for hydroxylation is 2. The van der Waals surface area contributed by atoms with Crippen molar-refractivity contribution in [2.75, 3.05) is 13.6 Å². The fourth-order valence-electron chi connectivity index (χ4n) is 2.60. The van der Waals surface area contributed by atoms with Crippen molar-refractivity contribution in [3.63, 3.8) is 0 Å². The Morgan fingerprint density at radius 3 is 2.40 bits per heavy atom. The predicted molar refractivity (Wildman–Crippen MR) is 82.6 cm³/mol. The highest BCUT2D eigenvalue weighted by Gasteiger charge is 2.28. The van der Waals surface area contributed by atoms with Crippen molar-refractivity contribution in [2.24, 2.45) is 5.92 Å². The number of alkyl halides is 1. The zero-order valence-corrected chi connectivity index (χ0v) is 13.9. The van der Waals surface area contributed by atoms with Crippen molar-refractivity contribution < 1.29 is 8.42 Å². The largest absolute Gasteiger partial charge is 0.243 e. The Balaban J connectivity index is 2.32. The molecule has 1 fully saturated rings. The maximum Gasteiger partial charge on any atom is 0.243 e. The first-order valence-electron chi connectivity index (χ1n) is 6.98. The van der Waals surface area contributed by atoms with Gasteiger partial charge >= 0.3 is 0 Å². The molecule has 5 heteroatoms. The summed E-state index contributed by atoms with van der Waals surface area (Å²) in [6.45, 7) is 4.42. The summed E-state index contributed by atoms with van der Waals surface area (Å²) in [5.41, 5.74) is 2.71. The minimum Gasteiger partial charge on any atom is -0.207 e. The molecule has 2 rings (SSSR count). The average molecular weight is 316 g/mol. The van der Waals surface area contributed by atoms with Gasteiger partial charge in [0.05, 0.1) is 4.90 Å². The minimum atomic E-state index is -3.42. The third-order valence-electron chi connectivity index (χ3n) is 4.21. The fraction of sp³-hybridized carbons (Fsp3) is 0.600. The van der Waals surface area contributed by atoms with E-state index in [0.717, 1.165) is 29.5 Å². The fourth-order valence-corrected chi connectivity index (χ4v) is 4.39. The predicted octanol–water partition coefficient (Wildman–Crippen LogP) is 3.46. The summed E-state index contributed by atoms with van der Waals surface area (Å²) in [5.74, 6) is 0.856. The van der Waals surface area contributed by atoms with Crippen LogP contribution in [0.2, 0.25) is 0 Å². The summed E-state index contributed by atoms with van der Waals surface area (Å²) in [6, 6.07) is 3.63. The standard InChI is InChI=1S/C15H22ClNO2S/c1-11-7-12(2)15(8-14(11)9-16)20(18,19)17(3)10-13-5-4-6-13/h7-8,13H,4-6,9-10H2,1-3H3. The van der Waals surface area contributed by atoms with Gasteiger partial charge in [0, 0.05) is 19.5 Å². The Morgan fingerprint density at radius 2 is 1.90 bits per heavy atom. The quantitative estimate of drug-likeness (QED) is 0.780. The molecule has 0 aromatic heterocycles. The third kappa shape index (κ3) is 3.02. The van der Waals surface area contributed by atoms with Crippen LogP contribution in [0.1, 0.15) is 36.0 Å². The van der Waals surface area contributed by atoms with Crippen LogP contribution in [-0.2, 0) is 15.9 Å². The van der Waals surface area contributed by atoms with Crippen molar-refractivity contribution >= 4 is 21.6 Å². The first-order valence-corrected chi connectivity index (χ1v) is 8.96. The van der Waals surface area contributed by atoms with Crippen LogP contribution in [0.3, 0.4) is 0 Å². The summed E-state index contributed by atoms with van der Waals surface area (Å²) >= 11 is 5.89. The number of hydrogen-bond donors (Lipinski definition) is 0. The molecule has 1 aromatic rings. The van der Waals surface area contributed by atoms with Gasteiger partial charge in [-0.2, -0.15) is 0 Å². The zero-order chi connectivity index (χ0) is 14.9. The number of rotatable bonds is 5. The van der Waals surface area contributed by atoms with E-state index in [2.05, 4.69) is 0 Å². The molecule has 20 heavy (non-hydrogen) atoms. The van der Waals surface area contributed by atoms with Crippen molar-refractivity contribution in [2.45, 2.75) is 43.9 Å². The van der Waals surface area contributed by atoms with E-state index in [0.29, 0.717) is 23.2 Å². The number of halogens is 1. The molecule has 0 radical (unpaired) electrons. The molecule has 0 atom stereocenters. The van der Waals surface area contributed by atoms with Crippen LogP contribution in [0.5, 0.6) is 0 Å². The summed E-state index contributed by atoms with van der Waals surface area (Å²) in [5, 5.41) is 0. The highest BCUT2D eigenvalue weighted by Crippen LogP contribution is 2.30. The van der Waals surface area contributed by atoms with Gasteiger partial charge in [0.1, 0.15) is 0 Å². The van der Waals surface area contributed by atoms with E-state index in [9.17, 15) is 8.42 Å². The van der Waals surface area contributed by atoms with Crippen molar-refractivity contribution in [3.05, 3.63) is 28.8 Å². The molecule has 1 saturated carbocycles. The van der Waals surface area contributed by atoms with Gasteiger partial charge in [0.15, 0.2) is 0 Å². The molecule has 0 spiro atoms. The lowest BCUT2D eigenvalue weighted by Gasteiger charge is -2.30. The molecule has 0 aliphatic heterocycles. The molecule has 0 bridgehead atoms. The van der Waals surface area contributed by atoms with Gasteiger partial charge in [-0.1, -0.05) is 12.5 Å². The lowest BCUT2D eigenvalue weighted by atomic mass is 9.86. The normalized spacial score (nSPS) is 16.4. The number of benzene rings is 1. The Hall–Kier alpha value is -0.580. The molecule has 3 nitrogen and oxygen atoms in total. The molecule has 0 N–H and O–H groups in total. The number of nitrogens with zero attached hydrogens (tertiary/aromatic N) is 1. The second-order valence-corrected chi connectivity index (χ2v) is 8.04. The van der Waals surface area contributed by atoms with Crippen LogP contribution in [0, 0.1) is 19.8 Å². The van der Waals surface area contributed by atoms with Crippen LogP contribution in [-0.4, -0.2) is 26.3 Å². The molecule has 0 saturated heterocycles. The minimum absolute atomic E-state index is 0.334. The molecule has 0 heterocycles. The molecule has 0 unspecified atom stereocenters. The van der Waals surface area contributed by atoms with E-state index in [4.69, 9.17) is 11.6 Å². The second-order valence-electron chi connectivity index (χ2n) is 5.76. The number of hydrogen-bond acceptors (Lipinski definition) is 2. The van der Waals surface area contributed by atoms with Gasteiger partial charge in [0.25, 0.3) is 0 Å².